The third kappa shape index (κ3) is 6.31. The number of hydrogen-bond donors (Lipinski definition) is 0. The van der Waals surface area contributed by atoms with Crippen molar-refractivity contribution in [2.24, 2.45) is 5.92 Å². The lowest BCUT2D eigenvalue weighted by atomic mass is 10.1. The van der Waals surface area contributed by atoms with Gasteiger partial charge in [0.2, 0.25) is 0 Å². The Morgan fingerprint density at radius 3 is 2.38 bits per heavy atom. The summed E-state index contributed by atoms with van der Waals surface area (Å²) < 4.78 is 71.5. The Labute approximate surface area is 194 Å². The fraction of sp³-hybridized carbons (Fsp3) is 0.417. The monoisotopic (exact) mass is 484 g/mol. The van der Waals surface area contributed by atoms with Crippen LogP contribution >= 0.6 is 0 Å². The predicted molar refractivity (Wildman–Crippen MR) is 114 cm³/mol. The summed E-state index contributed by atoms with van der Waals surface area (Å²) in [6.45, 7) is 4.62. The minimum absolute atomic E-state index is 0.0630. The summed E-state index contributed by atoms with van der Waals surface area (Å²) in [5, 5.41) is 0. The van der Waals surface area contributed by atoms with Crippen LogP contribution < -0.4 is 0 Å². The van der Waals surface area contributed by atoms with E-state index in [1.54, 1.807) is 0 Å². The fourth-order valence-electron chi connectivity index (χ4n) is 3.76. The Balaban J connectivity index is 1.72. The van der Waals surface area contributed by atoms with E-state index in [9.17, 15) is 31.5 Å². The Morgan fingerprint density at radius 2 is 1.79 bits per heavy atom. The topological polar surface area (TPSA) is 49.9 Å². The van der Waals surface area contributed by atoms with Gasteiger partial charge in [0.1, 0.15) is 11.6 Å². The minimum Gasteiger partial charge on any atom is -0.373 e. The lowest BCUT2D eigenvalue weighted by molar-refractivity contribution is -0.137. The van der Waals surface area contributed by atoms with Crippen molar-refractivity contribution in [2.45, 2.75) is 26.1 Å². The van der Waals surface area contributed by atoms with Gasteiger partial charge < -0.3 is 14.5 Å². The Morgan fingerprint density at radius 1 is 1.12 bits per heavy atom. The summed E-state index contributed by atoms with van der Waals surface area (Å²) in [6, 6.07) is 6.70. The maximum Gasteiger partial charge on any atom is 0.416 e. The standard InChI is InChI=1S/C24H25F5N2O3/c1-15(2)12-31(22(32)16-3-5-17(6-4-16)24(27,28)29)14-19-13-30(9-10-34-19)23(33)20-8-7-18(25)11-21(20)26/h3-8,11,15,19H,9-10,12-14H2,1-2H3. The van der Waals surface area contributed by atoms with E-state index in [1.165, 1.54) is 9.80 Å². The molecule has 0 bridgehead atoms. The molecule has 2 amide bonds. The lowest BCUT2D eigenvalue weighted by Gasteiger charge is -2.36. The summed E-state index contributed by atoms with van der Waals surface area (Å²) in [7, 11) is 0. The first kappa shape index (κ1) is 25.6. The number of ether oxygens (including phenoxy) is 1. The molecular weight excluding hydrogens is 459 g/mol. The number of amides is 2. The molecule has 10 heteroatoms. The van der Waals surface area contributed by atoms with Gasteiger partial charge in [0.15, 0.2) is 0 Å². The van der Waals surface area contributed by atoms with Crippen LogP contribution in [0, 0.1) is 17.6 Å². The van der Waals surface area contributed by atoms with Crippen LogP contribution in [-0.2, 0) is 10.9 Å². The zero-order valence-corrected chi connectivity index (χ0v) is 18.7. The van der Waals surface area contributed by atoms with Crippen LogP contribution in [0.4, 0.5) is 22.0 Å². The van der Waals surface area contributed by atoms with Gasteiger partial charge in [0, 0.05) is 37.8 Å². The molecule has 1 saturated heterocycles. The van der Waals surface area contributed by atoms with Crippen molar-refractivity contribution >= 4 is 11.8 Å². The smallest absolute Gasteiger partial charge is 0.373 e. The molecule has 34 heavy (non-hydrogen) atoms. The molecule has 0 aliphatic carbocycles. The number of halogens is 5. The van der Waals surface area contributed by atoms with Crippen molar-refractivity contribution in [3.63, 3.8) is 0 Å². The number of hydrogen-bond acceptors (Lipinski definition) is 3. The lowest BCUT2D eigenvalue weighted by Crippen LogP contribution is -2.51. The first-order valence-corrected chi connectivity index (χ1v) is 10.8. The maximum absolute atomic E-state index is 14.1. The number of carbonyl (C=O) groups is 2. The Bertz CT molecular complexity index is 1020. The molecule has 1 aliphatic rings. The molecule has 1 aliphatic heterocycles. The molecule has 2 aromatic carbocycles. The Kier molecular flexibility index (Phi) is 7.91. The van der Waals surface area contributed by atoms with Crippen LogP contribution in [0.25, 0.3) is 0 Å². The maximum atomic E-state index is 14.1. The van der Waals surface area contributed by atoms with Gasteiger partial charge in [-0.15, -0.1) is 0 Å². The van der Waals surface area contributed by atoms with Gasteiger partial charge in [-0.05, 0) is 42.3 Å². The number of carbonyl (C=O) groups excluding carboxylic acids is 2. The molecule has 1 fully saturated rings. The van der Waals surface area contributed by atoms with Gasteiger partial charge in [0.05, 0.1) is 23.8 Å². The number of benzene rings is 2. The molecule has 0 saturated carbocycles. The van der Waals surface area contributed by atoms with Gasteiger partial charge in [-0.3, -0.25) is 9.59 Å². The average Bonchev–Trinajstić information content (AvgIpc) is 2.77. The second-order valence-electron chi connectivity index (χ2n) is 8.55. The second kappa shape index (κ2) is 10.5. The van der Waals surface area contributed by atoms with E-state index < -0.39 is 41.3 Å². The van der Waals surface area contributed by atoms with Crippen LogP contribution in [0.15, 0.2) is 42.5 Å². The highest BCUT2D eigenvalue weighted by Crippen LogP contribution is 2.29. The minimum atomic E-state index is -4.50. The number of nitrogens with zero attached hydrogens (tertiary/aromatic N) is 2. The van der Waals surface area contributed by atoms with E-state index in [0.29, 0.717) is 12.6 Å². The summed E-state index contributed by atoms with van der Waals surface area (Å²) in [6.07, 6.45) is -5.09. The molecule has 3 rings (SSSR count). The van der Waals surface area contributed by atoms with E-state index in [-0.39, 0.29) is 43.3 Å². The molecule has 0 radical (unpaired) electrons. The molecule has 184 valence electrons. The summed E-state index contributed by atoms with van der Waals surface area (Å²) in [5.41, 5.74) is -1.01. The zero-order chi connectivity index (χ0) is 25.0. The molecular formula is C24H25F5N2O3. The molecule has 0 aromatic heterocycles. The van der Waals surface area contributed by atoms with E-state index in [2.05, 4.69) is 0 Å². The van der Waals surface area contributed by atoms with Gasteiger partial charge >= 0.3 is 6.18 Å². The van der Waals surface area contributed by atoms with Crippen LogP contribution in [-0.4, -0.2) is 60.5 Å². The third-order valence-corrected chi connectivity index (χ3v) is 5.34. The van der Waals surface area contributed by atoms with Crippen LogP contribution in [0.2, 0.25) is 0 Å². The molecule has 5 nitrogen and oxygen atoms in total. The van der Waals surface area contributed by atoms with Crippen molar-refractivity contribution in [2.75, 3.05) is 32.8 Å². The molecule has 1 heterocycles. The number of rotatable bonds is 6. The summed E-state index contributed by atoms with van der Waals surface area (Å²) in [4.78, 5) is 28.6. The van der Waals surface area contributed by atoms with Gasteiger partial charge in [-0.25, -0.2) is 8.78 Å². The quantitative estimate of drug-likeness (QED) is 0.563. The zero-order valence-electron chi connectivity index (χ0n) is 18.7. The van der Waals surface area contributed by atoms with E-state index in [4.69, 9.17) is 4.74 Å². The SMILES string of the molecule is CC(C)CN(CC1CN(C(=O)c2ccc(F)cc2F)CCO1)C(=O)c1ccc(C(F)(F)F)cc1. The molecule has 0 spiro atoms. The highest BCUT2D eigenvalue weighted by molar-refractivity contribution is 5.95. The highest BCUT2D eigenvalue weighted by atomic mass is 19.4. The van der Waals surface area contributed by atoms with Gasteiger partial charge in [-0.2, -0.15) is 13.2 Å². The summed E-state index contributed by atoms with van der Waals surface area (Å²) >= 11 is 0. The molecule has 0 N–H and O–H groups in total. The molecule has 1 unspecified atom stereocenters. The second-order valence-corrected chi connectivity index (χ2v) is 8.55. The third-order valence-electron chi connectivity index (χ3n) is 5.34. The first-order chi connectivity index (χ1) is 16.0. The van der Waals surface area contributed by atoms with Crippen molar-refractivity contribution in [3.05, 3.63) is 70.8 Å². The predicted octanol–water partition coefficient (Wildman–Crippen LogP) is 4.62. The summed E-state index contributed by atoms with van der Waals surface area (Å²) in [5.74, 6) is -2.77. The van der Waals surface area contributed by atoms with Crippen molar-refractivity contribution in [3.8, 4) is 0 Å². The van der Waals surface area contributed by atoms with Crippen molar-refractivity contribution in [1.82, 2.24) is 9.80 Å². The number of alkyl halides is 3. The first-order valence-electron chi connectivity index (χ1n) is 10.8. The largest absolute Gasteiger partial charge is 0.416 e. The Hall–Kier alpha value is -3.01. The number of morpholine rings is 1. The van der Waals surface area contributed by atoms with Crippen LogP contribution in [0.1, 0.15) is 40.1 Å². The van der Waals surface area contributed by atoms with E-state index in [0.717, 1.165) is 36.4 Å². The highest BCUT2D eigenvalue weighted by Gasteiger charge is 2.32. The van der Waals surface area contributed by atoms with Crippen LogP contribution in [0.5, 0.6) is 0 Å². The molecule has 1 atom stereocenters. The van der Waals surface area contributed by atoms with Gasteiger partial charge in [-0.1, -0.05) is 13.8 Å². The van der Waals surface area contributed by atoms with Crippen molar-refractivity contribution in [1.29, 1.82) is 0 Å². The van der Waals surface area contributed by atoms with E-state index >= 15 is 0 Å². The van der Waals surface area contributed by atoms with Crippen LogP contribution in [0.3, 0.4) is 0 Å². The molecule has 2 aromatic rings. The van der Waals surface area contributed by atoms with Crippen molar-refractivity contribution < 1.29 is 36.3 Å². The normalized spacial score (nSPS) is 16.6. The van der Waals surface area contributed by atoms with E-state index in [1.807, 2.05) is 13.8 Å². The van der Waals surface area contributed by atoms with Gasteiger partial charge in [0.25, 0.3) is 11.8 Å². The fourth-order valence-corrected chi connectivity index (χ4v) is 3.76. The average molecular weight is 484 g/mol.